The lowest BCUT2D eigenvalue weighted by molar-refractivity contribution is 0.305. The van der Waals surface area contributed by atoms with Gasteiger partial charge in [0.1, 0.15) is 18.1 Å². The topological polar surface area (TPSA) is 29.5 Å². The molecule has 0 heterocycles. The Morgan fingerprint density at radius 2 is 1.43 bits per heavy atom. The summed E-state index contributed by atoms with van der Waals surface area (Å²) in [7, 11) is 0. The van der Waals surface area contributed by atoms with Crippen molar-refractivity contribution in [3.8, 4) is 11.5 Å². The van der Waals surface area contributed by atoms with Crippen LogP contribution in [0.15, 0.2) is 42.5 Å². The van der Waals surface area contributed by atoms with E-state index in [-0.39, 0.29) is 0 Å². The number of hydrogen-bond acceptors (Lipinski definition) is 2. The van der Waals surface area contributed by atoms with Gasteiger partial charge in [0.05, 0.1) is 0 Å². The van der Waals surface area contributed by atoms with Crippen LogP contribution < -0.4 is 4.74 Å². The third-order valence-electron chi connectivity index (χ3n) is 3.62. The maximum atomic E-state index is 10.4. The fourth-order valence-corrected chi connectivity index (χ4v) is 2.39. The molecule has 0 aliphatic rings. The van der Waals surface area contributed by atoms with Gasteiger partial charge in [-0.05, 0) is 52.8 Å². The van der Waals surface area contributed by atoms with Crippen LogP contribution in [0.5, 0.6) is 11.5 Å². The van der Waals surface area contributed by atoms with Crippen LogP contribution in [0.3, 0.4) is 0 Å². The van der Waals surface area contributed by atoms with Gasteiger partial charge in [0.25, 0.3) is 0 Å². The van der Waals surface area contributed by atoms with E-state index >= 15 is 0 Å². The molecule has 2 aromatic rings. The summed E-state index contributed by atoms with van der Waals surface area (Å²) in [5.74, 6) is 1.88. The first kappa shape index (κ1) is 15.4. The van der Waals surface area contributed by atoms with Crippen LogP contribution in [0, 0.1) is 0 Å². The molecule has 2 aromatic carbocycles. The predicted molar refractivity (Wildman–Crippen MR) is 87.1 cm³/mol. The summed E-state index contributed by atoms with van der Waals surface area (Å²) in [6.45, 7) is 8.91. The lowest BCUT2D eigenvalue weighted by Crippen LogP contribution is -2.02. The van der Waals surface area contributed by atoms with Gasteiger partial charge >= 0.3 is 0 Å². The fraction of sp³-hybridized carbons (Fsp3) is 0.368. The number of phenols is 1. The number of phenolic OH excluding ortho intramolecular Hbond substituents is 1. The second-order valence-electron chi connectivity index (χ2n) is 6.03. The number of rotatable bonds is 5. The van der Waals surface area contributed by atoms with E-state index in [1.54, 1.807) is 0 Å². The van der Waals surface area contributed by atoms with E-state index in [0.29, 0.717) is 24.2 Å². The lowest BCUT2D eigenvalue weighted by atomic mass is 9.91. The Morgan fingerprint density at radius 1 is 0.905 bits per heavy atom. The maximum absolute atomic E-state index is 10.4. The van der Waals surface area contributed by atoms with Crippen molar-refractivity contribution in [3.63, 3.8) is 0 Å². The molecule has 0 saturated carbocycles. The largest absolute Gasteiger partial charge is 0.507 e. The molecular formula is C19H24O2. The van der Waals surface area contributed by atoms with Gasteiger partial charge in [0, 0.05) is 0 Å². The molecule has 0 atom stereocenters. The molecule has 112 valence electrons. The van der Waals surface area contributed by atoms with Gasteiger partial charge < -0.3 is 9.84 Å². The summed E-state index contributed by atoms with van der Waals surface area (Å²) in [5.41, 5.74) is 3.09. The van der Waals surface area contributed by atoms with Crippen LogP contribution in [-0.4, -0.2) is 5.11 Å². The minimum Gasteiger partial charge on any atom is -0.507 e. The van der Waals surface area contributed by atoms with Crippen LogP contribution in [0.2, 0.25) is 0 Å². The number of benzene rings is 2. The minimum atomic E-state index is 0.291. The molecule has 0 aromatic heterocycles. The van der Waals surface area contributed by atoms with Crippen molar-refractivity contribution in [1.82, 2.24) is 0 Å². The van der Waals surface area contributed by atoms with Crippen LogP contribution in [0.25, 0.3) is 0 Å². The zero-order chi connectivity index (χ0) is 15.4. The summed E-state index contributed by atoms with van der Waals surface area (Å²) < 4.78 is 5.82. The van der Waals surface area contributed by atoms with Crippen LogP contribution >= 0.6 is 0 Å². The average Bonchev–Trinajstić information content (AvgIpc) is 2.46. The van der Waals surface area contributed by atoms with Gasteiger partial charge in [-0.3, -0.25) is 0 Å². The standard InChI is InChI=1S/C19H24O2/c1-13(2)17-10-15(11-18(14(3)4)19(17)20)12-21-16-8-6-5-7-9-16/h5-11,13-14,20H,12H2,1-4H3. The Balaban J connectivity index is 2.27. The van der Waals surface area contributed by atoms with Crippen LogP contribution in [0.4, 0.5) is 0 Å². The van der Waals surface area contributed by atoms with Crippen molar-refractivity contribution < 1.29 is 9.84 Å². The summed E-state index contributed by atoms with van der Waals surface area (Å²) in [6, 6.07) is 13.9. The highest BCUT2D eigenvalue weighted by atomic mass is 16.5. The van der Waals surface area contributed by atoms with Gasteiger partial charge in [0.2, 0.25) is 0 Å². The quantitative estimate of drug-likeness (QED) is 0.815. The summed E-state index contributed by atoms with van der Waals surface area (Å²) in [6.07, 6.45) is 0. The average molecular weight is 284 g/mol. The van der Waals surface area contributed by atoms with E-state index in [1.807, 2.05) is 30.3 Å². The van der Waals surface area contributed by atoms with E-state index < -0.39 is 0 Å². The number of hydrogen-bond donors (Lipinski definition) is 1. The summed E-state index contributed by atoms with van der Waals surface area (Å²) in [4.78, 5) is 0. The van der Waals surface area contributed by atoms with E-state index in [4.69, 9.17) is 4.74 Å². The van der Waals surface area contributed by atoms with E-state index in [9.17, 15) is 5.11 Å². The second-order valence-corrected chi connectivity index (χ2v) is 6.03. The molecule has 0 aliphatic carbocycles. The predicted octanol–water partition coefficient (Wildman–Crippen LogP) is 5.22. The van der Waals surface area contributed by atoms with Crippen molar-refractivity contribution >= 4 is 0 Å². The Bertz CT molecular complexity index is 557. The number of aromatic hydroxyl groups is 1. The van der Waals surface area contributed by atoms with Gasteiger partial charge in [0.15, 0.2) is 0 Å². The molecule has 0 fully saturated rings. The molecule has 0 saturated heterocycles. The molecule has 0 amide bonds. The Morgan fingerprint density at radius 3 is 1.90 bits per heavy atom. The molecule has 0 bridgehead atoms. The molecular weight excluding hydrogens is 260 g/mol. The van der Waals surface area contributed by atoms with E-state index in [0.717, 1.165) is 22.4 Å². The van der Waals surface area contributed by atoms with Crippen LogP contribution in [-0.2, 0) is 6.61 Å². The normalized spacial score (nSPS) is 11.1. The first-order valence-electron chi connectivity index (χ1n) is 7.52. The van der Waals surface area contributed by atoms with E-state index in [2.05, 4.69) is 39.8 Å². The summed E-state index contributed by atoms with van der Waals surface area (Å²) in [5, 5.41) is 10.4. The molecule has 0 radical (unpaired) electrons. The van der Waals surface area contributed by atoms with Gasteiger partial charge in [-0.2, -0.15) is 0 Å². The van der Waals surface area contributed by atoms with Crippen molar-refractivity contribution in [3.05, 3.63) is 59.2 Å². The van der Waals surface area contributed by atoms with Crippen molar-refractivity contribution in [2.75, 3.05) is 0 Å². The van der Waals surface area contributed by atoms with Crippen LogP contribution in [0.1, 0.15) is 56.2 Å². The Kier molecular flexibility index (Phi) is 4.89. The highest BCUT2D eigenvalue weighted by Crippen LogP contribution is 2.35. The molecule has 0 spiro atoms. The maximum Gasteiger partial charge on any atom is 0.122 e. The van der Waals surface area contributed by atoms with Crippen molar-refractivity contribution in [2.45, 2.75) is 46.1 Å². The third kappa shape index (κ3) is 3.78. The molecule has 1 N–H and O–H groups in total. The molecule has 2 heteroatoms. The Hall–Kier alpha value is -1.96. The number of para-hydroxylation sites is 1. The zero-order valence-corrected chi connectivity index (χ0v) is 13.3. The highest BCUT2D eigenvalue weighted by Gasteiger charge is 2.15. The lowest BCUT2D eigenvalue weighted by Gasteiger charge is -2.17. The van der Waals surface area contributed by atoms with E-state index in [1.165, 1.54) is 0 Å². The zero-order valence-electron chi connectivity index (χ0n) is 13.3. The second kappa shape index (κ2) is 6.66. The molecule has 0 unspecified atom stereocenters. The van der Waals surface area contributed by atoms with Gasteiger partial charge in [-0.1, -0.05) is 45.9 Å². The fourth-order valence-electron chi connectivity index (χ4n) is 2.39. The first-order valence-corrected chi connectivity index (χ1v) is 7.52. The molecule has 21 heavy (non-hydrogen) atoms. The highest BCUT2D eigenvalue weighted by molar-refractivity contribution is 5.46. The molecule has 0 aliphatic heterocycles. The Labute approximate surface area is 127 Å². The molecule has 2 rings (SSSR count). The SMILES string of the molecule is CC(C)c1cc(COc2ccccc2)cc(C(C)C)c1O. The number of ether oxygens (including phenoxy) is 1. The summed E-state index contributed by atoms with van der Waals surface area (Å²) >= 11 is 0. The smallest absolute Gasteiger partial charge is 0.122 e. The third-order valence-corrected chi connectivity index (χ3v) is 3.62. The first-order chi connectivity index (χ1) is 9.99. The monoisotopic (exact) mass is 284 g/mol. The molecule has 2 nitrogen and oxygen atoms in total. The van der Waals surface area contributed by atoms with Crippen molar-refractivity contribution in [1.29, 1.82) is 0 Å². The van der Waals surface area contributed by atoms with Crippen molar-refractivity contribution in [2.24, 2.45) is 0 Å². The van der Waals surface area contributed by atoms with Gasteiger partial charge in [-0.25, -0.2) is 0 Å². The van der Waals surface area contributed by atoms with Gasteiger partial charge in [-0.15, -0.1) is 0 Å². The minimum absolute atomic E-state index is 0.291.